The van der Waals surface area contributed by atoms with Gasteiger partial charge >= 0.3 is 0 Å². The summed E-state index contributed by atoms with van der Waals surface area (Å²) in [6.07, 6.45) is 0. The molecule has 8 heteroatoms. The molecule has 0 N–H and O–H groups in total. The van der Waals surface area contributed by atoms with Crippen LogP contribution in [-0.4, -0.2) is 17.9 Å². The molecule has 0 fully saturated rings. The Labute approximate surface area is 194 Å². The molecule has 0 saturated heterocycles. The van der Waals surface area contributed by atoms with Crippen LogP contribution in [0.1, 0.15) is 38.9 Å². The topological polar surface area (TPSA) is 103 Å². The smallest absolute Gasteiger partial charge is 0.295 e. The van der Waals surface area contributed by atoms with Gasteiger partial charge in [-0.2, -0.15) is 0 Å². The number of rotatable bonds is 4. The first-order valence-electron chi connectivity index (χ1n) is 10.6. The molecule has 1 atom stereocenters. The van der Waals surface area contributed by atoms with Gasteiger partial charge in [0.1, 0.15) is 11.3 Å². The van der Waals surface area contributed by atoms with Gasteiger partial charge < -0.3 is 9.15 Å². The van der Waals surface area contributed by atoms with Crippen LogP contribution in [0.5, 0.6) is 5.75 Å². The number of hydrogen-bond donors (Lipinski definition) is 0. The van der Waals surface area contributed by atoms with Gasteiger partial charge in [0.05, 0.1) is 29.0 Å². The lowest BCUT2D eigenvalue weighted by Gasteiger charge is -2.25. The minimum atomic E-state index is -0.807. The Hall–Kier alpha value is -4.46. The molecule has 8 nitrogen and oxygen atoms in total. The van der Waals surface area contributed by atoms with Crippen LogP contribution in [0.3, 0.4) is 0 Å². The number of methoxy groups -OCH3 is 1. The van der Waals surface area contributed by atoms with Crippen molar-refractivity contribution in [2.75, 3.05) is 12.0 Å². The summed E-state index contributed by atoms with van der Waals surface area (Å²) < 4.78 is 11.2. The van der Waals surface area contributed by atoms with E-state index in [1.807, 2.05) is 13.8 Å². The SMILES string of the molecule is COc1ccc(N2C(=O)c3oc4cc(C)c(C)cc4c(=O)c3C2c2ccc([N+](=O)[O-])cc2)cc1. The van der Waals surface area contributed by atoms with E-state index in [0.29, 0.717) is 28.0 Å². The lowest BCUT2D eigenvalue weighted by molar-refractivity contribution is -0.384. The van der Waals surface area contributed by atoms with Crippen LogP contribution < -0.4 is 15.1 Å². The molecule has 1 amide bonds. The van der Waals surface area contributed by atoms with E-state index in [9.17, 15) is 19.7 Å². The number of ether oxygens (including phenoxy) is 1. The van der Waals surface area contributed by atoms with Crippen molar-refractivity contribution >= 4 is 28.3 Å². The van der Waals surface area contributed by atoms with Crippen molar-refractivity contribution < 1.29 is 18.9 Å². The zero-order chi connectivity index (χ0) is 24.1. The number of nitrogens with zero attached hydrogens (tertiary/aromatic N) is 2. The van der Waals surface area contributed by atoms with Crippen LogP contribution in [0.25, 0.3) is 11.0 Å². The van der Waals surface area contributed by atoms with E-state index in [4.69, 9.17) is 9.15 Å². The molecule has 170 valence electrons. The molecule has 1 aromatic heterocycles. The van der Waals surface area contributed by atoms with Crippen molar-refractivity contribution in [3.63, 3.8) is 0 Å². The predicted octanol–water partition coefficient (Wildman–Crippen LogP) is 5.08. The molecule has 2 heterocycles. The van der Waals surface area contributed by atoms with Crippen LogP contribution in [0.4, 0.5) is 11.4 Å². The monoisotopic (exact) mass is 456 g/mol. The summed E-state index contributed by atoms with van der Waals surface area (Å²) in [7, 11) is 1.55. The average Bonchev–Trinajstić information content (AvgIpc) is 3.13. The highest BCUT2D eigenvalue weighted by Crippen LogP contribution is 2.42. The second kappa shape index (κ2) is 7.84. The van der Waals surface area contributed by atoms with Gasteiger partial charge in [0, 0.05) is 17.8 Å². The molecule has 0 saturated carbocycles. The van der Waals surface area contributed by atoms with E-state index >= 15 is 0 Å². The quantitative estimate of drug-likeness (QED) is 0.314. The Morgan fingerprint density at radius 2 is 1.62 bits per heavy atom. The summed E-state index contributed by atoms with van der Waals surface area (Å²) >= 11 is 0. The Balaban J connectivity index is 1.77. The first-order valence-corrected chi connectivity index (χ1v) is 10.6. The normalized spacial score (nSPS) is 15.0. The molecule has 1 aliphatic rings. The minimum Gasteiger partial charge on any atom is -0.497 e. The van der Waals surface area contributed by atoms with Crippen molar-refractivity contribution in [2.24, 2.45) is 0 Å². The van der Waals surface area contributed by atoms with Crippen LogP contribution in [-0.2, 0) is 0 Å². The van der Waals surface area contributed by atoms with Crippen molar-refractivity contribution in [1.82, 2.24) is 0 Å². The molecule has 5 rings (SSSR count). The number of benzene rings is 3. The minimum absolute atomic E-state index is 0.0278. The van der Waals surface area contributed by atoms with Crippen LogP contribution in [0, 0.1) is 24.0 Å². The fourth-order valence-electron chi connectivity index (χ4n) is 4.33. The Morgan fingerprint density at radius 1 is 0.971 bits per heavy atom. The van der Waals surface area contributed by atoms with Crippen LogP contribution in [0.15, 0.2) is 69.9 Å². The van der Waals surface area contributed by atoms with Gasteiger partial charge in [-0.25, -0.2) is 0 Å². The number of nitro groups is 1. The number of hydrogen-bond acceptors (Lipinski definition) is 6. The largest absolute Gasteiger partial charge is 0.497 e. The lowest BCUT2D eigenvalue weighted by atomic mass is 9.97. The highest BCUT2D eigenvalue weighted by molar-refractivity contribution is 6.10. The molecule has 4 aromatic rings. The van der Waals surface area contributed by atoms with Gasteiger partial charge in [-0.1, -0.05) is 0 Å². The summed E-state index contributed by atoms with van der Waals surface area (Å²) in [6.45, 7) is 3.82. The van der Waals surface area contributed by atoms with Gasteiger partial charge in [0.2, 0.25) is 5.76 Å². The maximum absolute atomic E-state index is 13.7. The molecule has 1 unspecified atom stereocenters. The third-order valence-corrected chi connectivity index (χ3v) is 6.26. The van der Waals surface area contributed by atoms with E-state index in [1.165, 1.54) is 17.0 Å². The number of carbonyl (C=O) groups is 1. The number of non-ortho nitro benzene ring substituents is 1. The van der Waals surface area contributed by atoms with Gasteiger partial charge in [0.15, 0.2) is 5.43 Å². The second-order valence-electron chi connectivity index (χ2n) is 8.23. The summed E-state index contributed by atoms with van der Waals surface area (Å²) in [6, 6.07) is 15.4. The highest BCUT2D eigenvalue weighted by Gasteiger charge is 2.43. The van der Waals surface area contributed by atoms with Crippen LogP contribution >= 0.6 is 0 Å². The first-order chi connectivity index (χ1) is 16.3. The fourth-order valence-corrected chi connectivity index (χ4v) is 4.33. The highest BCUT2D eigenvalue weighted by atomic mass is 16.6. The first kappa shape index (κ1) is 21.4. The Kier molecular flexibility index (Phi) is 4.93. The number of anilines is 1. The van der Waals surface area contributed by atoms with Crippen molar-refractivity contribution in [1.29, 1.82) is 0 Å². The van der Waals surface area contributed by atoms with Gasteiger partial charge in [-0.3, -0.25) is 24.6 Å². The Morgan fingerprint density at radius 3 is 2.24 bits per heavy atom. The van der Waals surface area contributed by atoms with E-state index in [-0.39, 0.29) is 22.4 Å². The van der Waals surface area contributed by atoms with Crippen molar-refractivity contribution in [3.8, 4) is 5.75 Å². The third-order valence-electron chi connectivity index (χ3n) is 6.26. The molecular weight excluding hydrogens is 436 g/mol. The standard InChI is InChI=1S/C26H20N2O6/c1-14-12-20-21(13-15(14)2)34-25-22(24(20)29)23(16-4-6-18(7-5-16)28(31)32)27(26(25)30)17-8-10-19(33-3)11-9-17/h4-13,23H,1-3H3. The average molecular weight is 456 g/mol. The number of carbonyl (C=O) groups excluding carboxylic acids is 1. The molecule has 34 heavy (non-hydrogen) atoms. The van der Waals surface area contributed by atoms with E-state index < -0.39 is 16.9 Å². The molecule has 3 aromatic carbocycles. The summed E-state index contributed by atoms with van der Waals surface area (Å²) in [4.78, 5) is 39.5. The predicted molar refractivity (Wildman–Crippen MR) is 127 cm³/mol. The number of nitro benzene ring substituents is 1. The van der Waals surface area contributed by atoms with Crippen molar-refractivity contribution in [2.45, 2.75) is 19.9 Å². The van der Waals surface area contributed by atoms with E-state index in [1.54, 1.807) is 55.6 Å². The number of aryl methyl sites for hydroxylation is 2. The third kappa shape index (κ3) is 3.23. The molecular formula is C26H20N2O6. The zero-order valence-corrected chi connectivity index (χ0v) is 18.7. The van der Waals surface area contributed by atoms with Crippen LogP contribution in [0.2, 0.25) is 0 Å². The molecule has 1 aliphatic heterocycles. The van der Waals surface area contributed by atoms with Gasteiger partial charge in [0.25, 0.3) is 11.6 Å². The summed E-state index contributed by atoms with van der Waals surface area (Å²) in [5, 5.41) is 11.5. The summed E-state index contributed by atoms with van der Waals surface area (Å²) in [5.41, 5.74) is 3.15. The fraction of sp³-hybridized carbons (Fsp3) is 0.154. The number of fused-ring (bicyclic) bond motifs is 2. The molecule has 0 spiro atoms. The maximum Gasteiger partial charge on any atom is 0.295 e. The Bertz CT molecular complexity index is 1520. The molecule has 0 radical (unpaired) electrons. The zero-order valence-electron chi connectivity index (χ0n) is 18.7. The van der Waals surface area contributed by atoms with E-state index in [2.05, 4.69) is 0 Å². The van der Waals surface area contributed by atoms with E-state index in [0.717, 1.165) is 11.1 Å². The molecule has 0 bridgehead atoms. The number of amides is 1. The van der Waals surface area contributed by atoms with Crippen molar-refractivity contribution in [3.05, 3.63) is 109 Å². The lowest BCUT2D eigenvalue weighted by Crippen LogP contribution is -2.29. The second-order valence-corrected chi connectivity index (χ2v) is 8.23. The van der Waals surface area contributed by atoms with Gasteiger partial charge in [-0.15, -0.1) is 0 Å². The molecule has 0 aliphatic carbocycles. The summed E-state index contributed by atoms with van der Waals surface area (Å²) in [5.74, 6) is 0.131. The maximum atomic E-state index is 13.7. The van der Waals surface area contributed by atoms with Gasteiger partial charge in [-0.05, 0) is 79.1 Å².